The third kappa shape index (κ3) is 3.48. The molecule has 1 aliphatic carbocycles. The Morgan fingerprint density at radius 2 is 2.26 bits per heavy atom. The lowest BCUT2D eigenvalue weighted by Crippen LogP contribution is -2.52. The Bertz CT molecular complexity index is 319. The Hall–Kier alpha value is -0.610. The fourth-order valence-corrected chi connectivity index (χ4v) is 3.41. The van der Waals surface area contributed by atoms with Crippen LogP contribution in [0.5, 0.6) is 0 Å². The molecule has 2 aliphatic rings. The summed E-state index contributed by atoms with van der Waals surface area (Å²) >= 11 is 0. The van der Waals surface area contributed by atoms with Crippen molar-refractivity contribution in [2.45, 2.75) is 64.0 Å². The van der Waals surface area contributed by atoms with Gasteiger partial charge in [0.05, 0.1) is 11.6 Å². The van der Waals surface area contributed by atoms with Crippen molar-refractivity contribution in [1.29, 1.82) is 0 Å². The Morgan fingerprint density at radius 1 is 1.47 bits per heavy atom. The lowest BCUT2D eigenvalue weighted by molar-refractivity contribution is -0.129. The highest BCUT2D eigenvalue weighted by molar-refractivity contribution is 5.79. The Labute approximate surface area is 116 Å². The van der Waals surface area contributed by atoms with Crippen molar-refractivity contribution in [3.05, 3.63) is 0 Å². The molecular weight excluding hydrogens is 240 g/mol. The number of carbonyl (C=O) groups excluding carboxylic acids is 1. The molecule has 0 aromatic heterocycles. The summed E-state index contributed by atoms with van der Waals surface area (Å²) in [5.74, 6) is 1.04. The molecule has 2 fully saturated rings. The third-order valence-corrected chi connectivity index (χ3v) is 5.02. The van der Waals surface area contributed by atoms with Crippen molar-refractivity contribution in [2.24, 2.45) is 17.6 Å². The lowest BCUT2D eigenvalue weighted by atomic mass is 9.79. The summed E-state index contributed by atoms with van der Waals surface area (Å²) in [5.41, 5.74) is 5.45. The summed E-state index contributed by atoms with van der Waals surface area (Å²) in [7, 11) is 0. The summed E-state index contributed by atoms with van der Waals surface area (Å²) < 4.78 is 5.59. The van der Waals surface area contributed by atoms with Crippen LogP contribution >= 0.6 is 0 Å². The first-order valence-corrected chi connectivity index (χ1v) is 7.69. The molecule has 110 valence electrons. The second-order valence-electron chi connectivity index (χ2n) is 6.48. The summed E-state index contributed by atoms with van der Waals surface area (Å²) in [6.07, 6.45) is 6.51. The van der Waals surface area contributed by atoms with Crippen molar-refractivity contribution < 1.29 is 9.53 Å². The molecule has 1 saturated carbocycles. The molecule has 0 spiro atoms. The van der Waals surface area contributed by atoms with Crippen LogP contribution in [0.3, 0.4) is 0 Å². The molecular formula is C15H28N2O2. The van der Waals surface area contributed by atoms with E-state index in [2.05, 4.69) is 12.2 Å². The van der Waals surface area contributed by atoms with E-state index in [-0.39, 0.29) is 23.5 Å². The molecule has 4 unspecified atom stereocenters. The molecule has 4 atom stereocenters. The number of nitrogens with two attached hydrogens (primary N) is 1. The number of nitrogens with one attached hydrogen (secondary N) is 1. The molecule has 3 N–H and O–H groups in total. The Kier molecular flexibility index (Phi) is 4.85. The van der Waals surface area contributed by atoms with Crippen LogP contribution in [-0.2, 0) is 9.53 Å². The molecule has 19 heavy (non-hydrogen) atoms. The average Bonchev–Trinajstić information content (AvgIpc) is 2.70. The molecule has 1 aliphatic heterocycles. The predicted octanol–water partition coefficient (Wildman–Crippen LogP) is 1.83. The van der Waals surface area contributed by atoms with Crippen LogP contribution in [0, 0.1) is 11.8 Å². The van der Waals surface area contributed by atoms with Crippen molar-refractivity contribution in [3.63, 3.8) is 0 Å². The molecule has 0 radical (unpaired) electrons. The summed E-state index contributed by atoms with van der Waals surface area (Å²) in [6, 6.07) is 0. The van der Waals surface area contributed by atoms with Crippen LogP contribution in [0.25, 0.3) is 0 Å². The SMILES string of the molecule is CC1OCCC1(C)NC(=O)C1CCCC(CCN)C1. The van der Waals surface area contributed by atoms with E-state index in [0.29, 0.717) is 5.92 Å². The third-order valence-electron chi connectivity index (χ3n) is 5.02. The van der Waals surface area contributed by atoms with Crippen LogP contribution in [0.15, 0.2) is 0 Å². The first-order chi connectivity index (χ1) is 9.05. The second-order valence-corrected chi connectivity index (χ2v) is 6.48. The molecule has 0 bridgehead atoms. The molecule has 0 aromatic carbocycles. The number of amides is 1. The topological polar surface area (TPSA) is 64.3 Å². The monoisotopic (exact) mass is 268 g/mol. The number of ether oxygens (including phenoxy) is 1. The normalized spacial score (nSPS) is 39.2. The summed E-state index contributed by atoms with van der Waals surface area (Å²) in [6.45, 7) is 5.63. The van der Waals surface area contributed by atoms with Gasteiger partial charge in [-0.15, -0.1) is 0 Å². The van der Waals surface area contributed by atoms with Crippen molar-refractivity contribution in [1.82, 2.24) is 5.32 Å². The van der Waals surface area contributed by atoms with E-state index in [0.717, 1.165) is 45.3 Å². The fraction of sp³-hybridized carbons (Fsp3) is 0.933. The average molecular weight is 268 g/mol. The quantitative estimate of drug-likeness (QED) is 0.817. The Balaban J connectivity index is 1.89. The van der Waals surface area contributed by atoms with Gasteiger partial charge in [0.25, 0.3) is 0 Å². The fourth-order valence-electron chi connectivity index (χ4n) is 3.41. The van der Waals surface area contributed by atoms with Crippen LogP contribution in [0.2, 0.25) is 0 Å². The highest BCUT2D eigenvalue weighted by Crippen LogP contribution is 2.32. The zero-order valence-corrected chi connectivity index (χ0v) is 12.3. The van der Waals surface area contributed by atoms with Gasteiger partial charge in [-0.2, -0.15) is 0 Å². The standard InChI is InChI=1S/C15H28N2O2/c1-11-15(2,7-9-19-11)17-14(18)13-5-3-4-12(10-13)6-8-16/h11-13H,3-10,16H2,1-2H3,(H,17,18). The van der Waals surface area contributed by atoms with Gasteiger partial charge in [0.2, 0.25) is 5.91 Å². The van der Waals surface area contributed by atoms with E-state index >= 15 is 0 Å². The van der Waals surface area contributed by atoms with E-state index in [1.807, 2.05) is 6.92 Å². The van der Waals surface area contributed by atoms with E-state index in [1.54, 1.807) is 0 Å². The smallest absolute Gasteiger partial charge is 0.223 e. The molecule has 1 saturated heterocycles. The van der Waals surface area contributed by atoms with E-state index in [1.165, 1.54) is 6.42 Å². The van der Waals surface area contributed by atoms with Gasteiger partial charge in [0.15, 0.2) is 0 Å². The minimum absolute atomic E-state index is 0.111. The van der Waals surface area contributed by atoms with Crippen molar-refractivity contribution in [3.8, 4) is 0 Å². The van der Waals surface area contributed by atoms with Crippen LogP contribution < -0.4 is 11.1 Å². The molecule has 1 heterocycles. The molecule has 4 nitrogen and oxygen atoms in total. The first kappa shape index (κ1) is 14.8. The predicted molar refractivity (Wildman–Crippen MR) is 75.7 cm³/mol. The zero-order chi connectivity index (χ0) is 13.9. The van der Waals surface area contributed by atoms with Gasteiger partial charge in [-0.25, -0.2) is 0 Å². The maximum Gasteiger partial charge on any atom is 0.223 e. The van der Waals surface area contributed by atoms with Crippen LogP contribution in [0.1, 0.15) is 52.4 Å². The number of hydrogen-bond acceptors (Lipinski definition) is 3. The summed E-state index contributed by atoms with van der Waals surface area (Å²) in [5, 5.41) is 3.24. The van der Waals surface area contributed by atoms with Gasteiger partial charge in [-0.1, -0.05) is 12.8 Å². The maximum atomic E-state index is 12.5. The van der Waals surface area contributed by atoms with Crippen LogP contribution in [-0.4, -0.2) is 30.7 Å². The van der Waals surface area contributed by atoms with Crippen molar-refractivity contribution in [2.75, 3.05) is 13.2 Å². The number of rotatable bonds is 4. The summed E-state index contributed by atoms with van der Waals surface area (Å²) in [4.78, 5) is 12.5. The maximum absolute atomic E-state index is 12.5. The van der Waals surface area contributed by atoms with Gasteiger partial charge in [0.1, 0.15) is 0 Å². The van der Waals surface area contributed by atoms with E-state index in [4.69, 9.17) is 10.5 Å². The molecule has 0 aromatic rings. The van der Waals surface area contributed by atoms with Gasteiger partial charge in [-0.05, 0) is 52.0 Å². The molecule has 4 heteroatoms. The first-order valence-electron chi connectivity index (χ1n) is 7.69. The second kappa shape index (κ2) is 6.23. The zero-order valence-electron chi connectivity index (χ0n) is 12.3. The number of carbonyl (C=O) groups is 1. The van der Waals surface area contributed by atoms with Crippen molar-refractivity contribution >= 4 is 5.91 Å². The Morgan fingerprint density at radius 3 is 2.89 bits per heavy atom. The highest BCUT2D eigenvalue weighted by atomic mass is 16.5. The van der Waals surface area contributed by atoms with E-state index < -0.39 is 0 Å². The highest BCUT2D eigenvalue weighted by Gasteiger charge is 2.40. The van der Waals surface area contributed by atoms with Gasteiger partial charge < -0.3 is 15.8 Å². The number of hydrogen-bond donors (Lipinski definition) is 2. The van der Waals surface area contributed by atoms with E-state index in [9.17, 15) is 4.79 Å². The minimum atomic E-state index is -0.183. The molecule has 1 amide bonds. The van der Waals surface area contributed by atoms with Crippen LogP contribution in [0.4, 0.5) is 0 Å². The molecule has 2 rings (SSSR count). The largest absolute Gasteiger partial charge is 0.376 e. The van der Waals surface area contributed by atoms with Gasteiger partial charge in [-0.3, -0.25) is 4.79 Å². The lowest BCUT2D eigenvalue weighted by Gasteiger charge is -2.34. The minimum Gasteiger partial charge on any atom is -0.376 e. The van der Waals surface area contributed by atoms with Gasteiger partial charge >= 0.3 is 0 Å². The van der Waals surface area contributed by atoms with Gasteiger partial charge in [0, 0.05) is 12.5 Å².